The van der Waals surface area contributed by atoms with Crippen molar-refractivity contribution in [2.45, 2.75) is 32.9 Å². The van der Waals surface area contributed by atoms with Crippen molar-refractivity contribution in [1.82, 2.24) is 15.5 Å². The van der Waals surface area contributed by atoms with E-state index in [4.69, 9.17) is 9.26 Å². The van der Waals surface area contributed by atoms with Gasteiger partial charge >= 0.3 is 0 Å². The van der Waals surface area contributed by atoms with Gasteiger partial charge in [0.05, 0.1) is 13.7 Å². The van der Waals surface area contributed by atoms with Gasteiger partial charge < -0.3 is 14.6 Å². The van der Waals surface area contributed by atoms with Gasteiger partial charge in [-0.25, -0.2) is 0 Å². The fourth-order valence-electron chi connectivity index (χ4n) is 1.59. The Morgan fingerprint density at radius 3 is 2.68 bits per heavy atom. The molecule has 0 aliphatic carbocycles. The fraction of sp³-hybridized carbons (Fsp3) is 0.429. The first-order valence-electron chi connectivity index (χ1n) is 6.43. The molecule has 5 nitrogen and oxygen atoms in total. The Labute approximate surface area is 113 Å². The summed E-state index contributed by atoms with van der Waals surface area (Å²) in [5, 5.41) is 7.29. The van der Waals surface area contributed by atoms with Gasteiger partial charge in [-0.1, -0.05) is 12.1 Å². The molecule has 0 radical (unpaired) electrons. The number of benzene rings is 1. The molecule has 0 fully saturated rings. The zero-order valence-electron chi connectivity index (χ0n) is 11.5. The summed E-state index contributed by atoms with van der Waals surface area (Å²) in [6, 6.07) is 8.02. The molecule has 2 aromatic rings. The molecule has 0 spiro atoms. The molecule has 102 valence electrons. The van der Waals surface area contributed by atoms with Crippen LogP contribution in [0, 0.1) is 0 Å². The van der Waals surface area contributed by atoms with Crippen LogP contribution >= 0.6 is 0 Å². The summed E-state index contributed by atoms with van der Waals surface area (Å²) in [5.41, 5.74) is 0.916. The number of hydrogen-bond acceptors (Lipinski definition) is 5. The lowest BCUT2D eigenvalue weighted by atomic mass is 10.2. The van der Waals surface area contributed by atoms with Crippen molar-refractivity contribution in [3.8, 4) is 17.1 Å². The van der Waals surface area contributed by atoms with E-state index >= 15 is 0 Å². The molecule has 1 atom stereocenters. The van der Waals surface area contributed by atoms with Gasteiger partial charge in [-0.2, -0.15) is 4.98 Å². The van der Waals surface area contributed by atoms with Crippen LogP contribution in [0.15, 0.2) is 28.8 Å². The van der Waals surface area contributed by atoms with Crippen LogP contribution in [0.5, 0.6) is 5.75 Å². The smallest absolute Gasteiger partial charge is 0.240 e. The Morgan fingerprint density at radius 2 is 2.05 bits per heavy atom. The monoisotopic (exact) mass is 261 g/mol. The summed E-state index contributed by atoms with van der Waals surface area (Å²) in [5.74, 6) is 2.01. The summed E-state index contributed by atoms with van der Waals surface area (Å²) < 4.78 is 10.3. The average molecular weight is 261 g/mol. The van der Waals surface area contributed by atoms with E-state index in [-0.39, 0.29) is 0 Å². The van der Waals surface area contributed by atoms with E-state index in [1.807, 2.05) is 24.3 Å². The van der Waals surface area contributed by atoms with Gasteiger partial charge in [-0.05, 0) is 37.6 Å². The summed E-state index contributed by atoms with van der Waals surface area (Å²) in [6.45, 7) is 4.85. The summed E-state index contributed by atoms with van der Waals surface area (Å²) in [7, 11) is 1.64. The highest BCUT2D eigenvalue weighted by molar-refractivity contribution is 5.55. The zero-order valence-corrected chi connectivity index (χ0v) is 11.5. The number of ether oxygens (including phenoxy) is 1. The first-order valence-corrected chi connectivity index (χ1v) is 6.43. The molecule has 5 heteroatoms. The van der Waals surface area contributed by atoms with Crippen LogP contribution in [0.2, 0.25) is 0 Å². The number of methoxy groups -OCH3 is 1. The maximum atomic E-state index is 5.22. The minimum absolute atomic E-state index is 0.441. The Bertz CT molecular complexity index is 508. The molecule has 2 rings (SSSR count). The normalized spacial score (nSPS) is 12.4. The van der Waals surface area contributed by atoms with Gasteiger partial charge in [0.15, 0.2) is 0 Å². The third kappa shape index (κ3) is 3.54. The number of aromatic nitrogens is 2. The van der Waals surface area contributed by atoms with Crippen LogP contribution < -0.4 is 10.1 Å². The first kappa shape index (κ1) is 13.5. The lowest BCUT2D eigenvalue weighted by Crippen LogP contribution is -2.24. The topological polar surface area (TPSA) is 60.2 Å². The second kappa shape index (κ2) is 6.33. The van der Waals surface area contributed by atoms with Gasteiger partial charge in [0.1, 0.15) is 5.75 Å². The Hall–Kier alpha value is -1.88. The summed E-state index contributed by atoms with van der Waals surface area (Å²) in [6.07, 6.45) is 1.07. The van der Waals surface area contributed by atoms with Crippen LogP contribution in [0.3, 0.4) is 0 Å². The highest BCUT2D eigenvalue weighted by Crippen LogP contribution is 2.19. The Kier molecular flexibility index (Phi) is 4.52. The quantitative estimate of drug-likeness (QED) is 0.866. The van der Waals surface area contributed by atoms with E-state index in [0.29, 0.717) is 24.3 Å². The molecule has 19 heavy (non-hydrogen) atoms. The van der Waals surface area contributed by atoms with Gasteiger partial charge in [0.2, 0.25) is 11.7 Å². The van der Waals surface area contributed by atoms with Crippen LogP contribution in [-0.2, 0) is 6.54 Å². The van der Waals surface area contributed by atoms with Crippen molar-refractivity contribution in [3.63, 3.8) is 0 Å². The summed E-state index contributed by atoms with van der Waals surface area (Å²) >= 11 is 0. The SMILES string of the molecule is CCC(C)NCc1nc(-c2ccc(OC)cc2)no1. The van der Waals surface area contributed by atoms with Crippen LogP contribution in [0.4, 0.5) is 0 Å². The second-order valence-electron chi connectivity index (χ2n) is 4.43. The van der Waals surface area contributed by atoms with Crippen LogP contribution in [-0.4, -0.2) is 23.3 Å². The van der Waals surface area contributed by atoms with Gasteiger partial charge in [0.25, 0.3) is 0 Å². The third-order valence-corrected chi connectivity index (χ3v) is 3.03. The highest BCUT2D eigenvalue weighted by Gasteiger charge is 2.09. The number of hydrogen-bond donors (Lipinski definition) is 1. The van der Waals surface area contributed by atoms with Crippen molar-refractivity contribution < 1.29 is 9.26 Å². The molecule has 1 N–H and O–H groups in total. The van der Waals surface area contributed by atoms with E-state index in [2.05, 4.69) is 29.3 Å². The molecule has 1 aromatic heterocycles. The average Bonchev–Trinajstić information content (AvgIpc) is 2.93. The number of nitrogens with zero attached hydrogens (tertiary/aromatic N) is 2. The van der Waals surface area contributed by atoms with E-state index < -0.39 is 0 Å². The summed E-state index contributed by atoms with van der Waals surface area (Å²) in [4.78, 5) is 4.36. The molecule has 0 saturated heterocycles. The predicted octanol–water partition coefficient (Wildman–Crippen LogP) is 2.63. The Balaban J connectivity index is 2.03. The van der Waals surface area contributed by atoms with E-state index in [9.17, 15) is 0 Å². The lowest BCUT2D eigenvalue weighted by molar-refractivity contribution is 0.358. The van der Waals surface area contributed by atoms with Crippen LogP contribution in [0.1, 0.15) is 26.2 Å². The maximum absolute atomic E-state index is 5.22. The van der Waals surface area contributed by atoms with Gasteiger partial charge in [-0.3, -0.25) is 0 Å². The van der Waals surface area contributed by atoms with Gasteiger partial charge in [0, 0.05) is 11.6 Å². The largest absolute Gasteiger partial charge is 0.497 e. The van der Waals surface area contributed by atoms with Crippen molar-refractivity contribution in [2.75, 3.05) is 7.11 Å². The molecule has 1 heterocycles. The van der Waals surface area contributed by atoms with Crippen molar-refractivity contribution in [3.05, 3.63) is 30.2 Å². The molecule has 1 unspecified atom stereocenters. The van der Waals surface area contributed by atoms with E-state index in [1.165, 1.54) is 0 Å². The third-order valence-electron chi connectivity index (χ3n) is 3.03. The maximum Gasteiger partial charge on any atom is 0.240 e. The molecular weight excluding hydrogens is 242 g/mol. The van der Waals surface area contributed by atoms with E-state index in [0.717, 1.165) is 17.7 Å². The second-order valence-corrected chi connectivity index (χ2v) is 4.43. The van der Waals surface area contributed by atoms with Crippen molar-refractivity contribution in [1.29, 1.82) is 0 Å². The molecular formula is C14H19N3O2. The van der Waals surface area contributed by atoms with Crippen molar-refractivity contribution in [2.24, 2.45) is 0 Å². The highest BCUT2D eigenvalue weighted by atomic mass is 16.5. The lowest BCUT2D eigenvalue weighted by Gasteiger charge is -2.07. The minimum atomic E-state index is 0.441. The molecule has 0 saturated carbocycles. The molecule has 0 aliphatic heterocycles. The zero-order chi connectivity index (χ0) is 13.7. The van der Waals surface area contributed by atoms with E-state index in [1.54, 1.807) is 7.11 Å². The van der Waals surface area contributed by atoms with Crippen molar-refractivity contribution >= 4 is 0 Å². The number of nitrogens with one attached hydrogen (secondary N) is 1. The van der Waals surface area contributed by atoms with Crippen LogP contribution in [0.25, 0.3) is 11.4 Å². The molecule has 0 bridgehead atoms. The Morgan fingerprint density at radius 1 is 1.32 bits per heavy atom. The molecule has 1 aromatic carbocycles. The number of rotatable bonds is 6. The van der Waals surface area contributed by atoms with Gasteiger partial charge in [-0.15, -0.1) is 0 Å². The molecule has 0 amide bonds. The predicted molar refractivity (Wildman–Crippen MR) is 72.9 cm³/mol. The standard InChI is InChI=1S/C14H19N3O2/c1-4-10(2)15-9-13-16-14(17-19-13)11-5-7-12(18-3)8-6-11/h5-8,10,15H,4,9H2,1-3H3. The minimum Gasteiger partial charge on any atom is -0.497 e. The fourth-order valence-corrected chi connectivity index (χ4v) is 1.59. The first-order chi connectivity index (χ1) is 9.22. The molecule has 0 aliphatic rings.